The van der Waals surface area contributed by atoms with E-state index in [0.717, 1.165) is 6.04 Å². The van der Waals surface area contributed by atoms with Crippen molar-refractivity contribution in [2.75, 3.05) is 13.7 Å². The normalized spacial score (nSPS) is 11.9. The van der Waals surface area contributed by atoms with Crippen LogP contribution in [0.2, 0.25) is 30.8 Å². The van der Waals surface area contributed by atoms with E-state index in [1.54, 1.807) is 30.5 Å². The molecule has 144 valence electrons. The third-order valence-corrected chi connectivity index (χ3v) is 6.17. The molecule has 3 aromatic rings. The number of halogens is 2. The van der Waals surface area contributed by atoms with Crippen molar-refractivity contribution >= 4 is 30.7 Å². The fourth-order valence-corrected chi connectivity index (χ4v) is 3.72. The molecule has 27 heavy (non-hydrogen) atoms. The topological polar surface area (TPSA) is 49.2 Å². The summed E-state index contributed by atoms with van der Waals surface area (Å²) in [6.45, 7) is 7.48. The van der Waals surface area contributed by atoms with Gasteiger partial charge in [-0.15, -0.1) is 0 Å². The zero-order chi connectivity index (χ0) is 19.6. The first-order valence-corrected chi connectivity index (χ1v) is 12.8. The molecule has 0 spiro atoms. The maximum atomic E-state index is 15.4. The van der Waals surface area contributed by atoms with E-state index in [-0.39, 0.29) is 6.73 Å². The minimum Gasteiger partial charge on any atom is -0.481 e. The molecular weight excluding hydrogens is 385 g/mol. The number of ether oxygens (including phenoxy) is 2. The highest BCUT2D eigenvalue weighted by Gasteiger charge is 2.23. The van der Waals surface area contributed by atoms with E-state index < -0.39 is 14.0 Å². The van der Waals surface area contributed by atoms with Crippen molar-refractivity contribution in [1.29, 1.82) is 0 Å². The molecule has 0 saturated heterocycles. The van der Waals surface area contributed by atoms with Gasteiger partial charge in [-0.1, -0.05) is 31.2 Å². The monoisotopic (exact) mass is 407 g/mol. The molecule has 8 heteroatoms. The summed E-state index contributed by atoms with van der Waals surface area (Å²) in [6.07, 6.45) is 1.61. The Kier molecular flexibility index (Phi) is 5.83. The zero-order valence-corrected chi connectivity index (χ0v) is 17.7. The molecule has 0 unspecified atom stereocenters. The van der Waals surface area contributed by atoms with Gasteiger partial charge >= 0.3 is 0 Å². The fraction of sp³-hybridized carbons (Fsp3) is 0.368. The van der Waals surface area contributed by atoms with Crippen LogP contribution >= 0.6 is 11.6 Å². The van der Waals surface area contributed by atoms with Crippen molar-refractivity contribution < 1.29 is 13.9 Å². The Balaban J connectivity index is 2.04. The molecule has 0 aliphatic carbocycles. The molecule has 0 aromatic carbocycles. The van der Waals surface area contributed by atoms with Crippen molar-refractivity contribution in [3.63, 3.8) is 0 Å². The molecule has 5 nitrogen and oxygen atoms in total. The average Bonchev–Trinajstić information content (AvgIpc) is 2.88. The summed E-state index contributed by atoms with van der Waals surface area (Å²) in [5.74, 6) is -0.0934. The molecule has 3 rings (SSSR count). The number of hydrogen-bond acceptors (Lipinski definition) is 4. The highest BCUT2D eigenvalue weighted by atomic mass is 35.5. The van der Waals surface area contributed by atoms with Crippen LogP contribution in [0.15, 0.2) is 30.5 Å². The lowest BCUT2D eigenvalue weighted by molar-refractivity contribution is 0.0825. The quantitative estimate of drug-likeness (QED) is 0.306. The lowest BCUT2D eigenvalue weighted by Crippen LogP contribution is -2.22. The van der Waals surface area contributed by atoms with Gasteiger partial charge in [0.2, 0.25) is 11.8 Å². The van der Waals surface area contributed by atoms with Gasteiger partial charge in [0, 0.05) is 31.8 Å². The van der Waals surface area contributed by atoms with Crippen LogP contribution < -0.4 is 4.74 Å². The third kappa shape index (κ3) is 4.31. The van der Waals surface area contributed by atoms with Gasteiger partial charge in [-0.05, 0) is 30.3 Å². The second kappa shape index (κ2) is 7.96. The first-order chi connectivity index (χ1) is 12.8. The molecule has 0 fully saturated rings. The SMILES string of the molecule is COc1ncccc1-c1c(F)n(COCC[Si](C)(C)C)c2nc(Cl)ccc12. The molecule has 0 saturated carbocycles. The van der Waals surface area contributed by atoms with Crippen LogP contribution in [0.4, 0.5) is 4.39 Å². The highest BCUT2D eigenvalue weighted by Crippen LogP contribution is 2.37. The molecule has 0 aliphatic heterocycles. The predicted molar refractivity (Wildman–Crippen MR) is 109 cm³/mol. The maximum absolute atomic E-state index is 15.4. The summed E-state index contributed by atoms with van der Waals surface area (Å²) in [6, 6.07) is 7.93. The molecule has 0 amide bonds. The van der Waals surface area contributed by atoms with Crippen molar-refractivity contribution in [2.24, 2.45) is 0 Å². The van der Waals surface area contributed by atoms with Crippen LogP contribution in [-0.2, 0) is 11.5 Å². The average molecular weight is 408 g/mol. The highest BCUT2D eigenvalue weighted by molar-refractivity contribution is 6.76. The van der Waals surface area contributed by atoms with E-state index >= 15 is 4.39 Å². The van der Waals surface area contributed by atoms with E-state index in [1.807, 2.05) is 0 Å². The number of pyridine rings is 2. The Morgan fingerprint density at radius 2 is 2.00 bits per heavy atom. The summed E-state index contributed by atoms with van der Waals surface area (Å²) >= 11 is 6.06. The Labute approximate surface area is 164 Å². The molecule has 0 bridgehead atoms. The molecule has 3 aromatic heterocycles. The summed E-state index contributed by atoms with van der Waals surface area (Å²) in [5, 5.41) is 0.935. The van der Waals surface area contributed by atoms with Crippen LogP contribution in [0.25, 0.3) is 22.2 Å². The Bertz CT molecular complexity index is 956. The van der Waals surface area contributed by atoms with Gasteiger partial charge in [-0.2, -0.15) is 4.39 Å². The van der Waals surface area contributed by atoms with Crippen LogP contribution in [0.3, 0.4) is 0 Å². The Morgan fingerprint density at radius 1 is 1.22 bits per heavy atom. The number of hydrogen-bond donors (Lipinski definition) is 0. The summed E-state index contributed by atoms with van der Waals surface area (Å²) in [7, 11) is 0.290. The van der Waals surface area contributed by atoms with Gasteiger partial charge in [0.15, 0.2) is 0 Å². The fourth-order valence-electron chi connectivity index (χ4n) is 2.82. The second-order valence-corrected chi connectivity index (χ2v) is 13.5. The summed E-state index contributed by atoms with van der Waals surface area (Å²) < 4.78 is 27.9. The van der Waals surface area contributed by atoms with Crippen LogP contribution in [-0.4, -0.2) is 36.3 Å². The largest absolute Gasteiger partial charge is 0.481 e. The zero-order valence-electron chi connectivity index (χ0n) is 15.9. The van der Waals surface area contributed by atoms with Crippen LogP contribution in [0.5, 0.6) is 5.88 Å². The Morgan fingerprint density at radius 3 is 2.70 bits per heavy atom. The first kappa shape index (κ1) is 19.8. The van der Waals surface area contributed by atoms with Gasteiger partial charge in [0.1, 0.15) is 17.5 Å². The van der Waals surface area contributed by atoms with E-state index in [4.69, 9.17) is 21.1 Å². The lowest BCUT2D eigenvalue weighted by Gasteiger charge is -2.15. The van der Waals surface area contributed by atoms with Gasteiger partial charge in [0.25, 0.3) is 0 Å². The van der Waals surface area contributed by atoms with E-state index in [1.165, 1.54) is 11.7 Å². The van der Waals surface area contributed by atoms with E-state index in [0.29, 0.717) is 39.8 Å². The first-order valence-electron chi connectivity index (χ1n) is 8.73. The van der Waals surface area contributed by atoms with Crippen LogP contribution in [0, 0.1) is 5.95 Å². The minimum absolute atomic E-state index is 0.0722. The molecule has 3 heterocycles. The number of fused-ring (bicyclic) bond motifs is 1. The smallest absolute Gasteiger partial charge is 0.221 e. The molecule has 0 atom stereocenters. The Hall–Kier alpha value is -1.96. The van der Waals surface area contributed by atoms with Crippen molar-refractivity contribution in [1.82, 2.24) is 14.5 Å². The standard InChI is InChI=1S/C19H23ClFN3O2Si/c1-25-19-14(6-5-9-22-19)16-13-7-8-15(20)23-18(13)24(17(16)21)12-26-10-11-27(2,3)4/h5-9H,10-12H2,1-4H3. The molecule has 0 aliphatic rings. The predicted octanol–water partition coefficient (Wildman–Crippen LogP) is 5.21. The number of nitrogens with zero attached hydrogens (tertiary/aromatic N) is 3. The van der Waals surface area contributed by atoms with Crippen molar-refractivity contribution in [3.05, 3.63) is 41.6 Å². The molecule has 0 N–H and O–H groups in total. The second-order valence-electron chi connectivity index (χ2n) is 7.51. The third-order valence-electron chi connectivity index (χ3n) is 4.26. The molecule has 0 radical (unpaired) electrons. The summed E-state index contributed by atoms with van der Waals surface area (Å²) in [4.78, 5) is 8.50. The number of rotatable bonds is 7. The van der Waals surface area contributed by atoms with Gasteiger partial charge in [-0.3, -0.25) is 4.57 Å². The van der Waals surface area contributed by atoms with Gasteiger partial charge < -0.3 is 9.47 Å². The summed E-state index contributed by atoms with van der Waals surface area (Å²) in [5.41, 5.74) is 1.38. The van der Waals surface area contributed by atoms with Crippen molar-refractivity contribution in [2.45, 2.75) is 32.4 Å². The van der Waals surface area contributed by atoms with Crippen molar-refractivity contribution in [3.8, 4) is 17.0 Å². The van der Waals surface area contributed by atoms with Crippen LogP contribution in [0.1, 0.15) is 0 Å². The maximum Gasteiger partial charge on any atom is 0.221 e. The lowest BCUT2D eigenvalue weighted by atomic mass is 10.1. The van der Waals surface area contributed by atoms with Gasteiger partial charge in [-0.25, -0.2) is 9.97 Å². The molecular formula is C19H23ClFN3O2Si. The van der Waals surface area contributed by atoms with E-state index in [9.17, 15) is 0 Å². The number of methoxy groups -OCH3 is 1. The minimum atomic E-state index is -1.22. The van der Waals surface area contributed by atoms with E-state index in [2.05, 4.69) is 29.6 Å². The van der Waals surface area contributed by atoms with Gasteiger partial charge in [0.05, 0.1) is 12.7 Å². The number of aromatic nitrogens is 3.